The van der Waals surface area contributed by atoms with E-state index in [1.54, 1.807) is 0 Å². The van der Waals surface area contributed by atoms with Crippen molar-refractivity contribution in [2.45, 2.75) is 0 Å². The molecule has 0 spiro atoms. The van der Waals surface area contributed by atoms with Crippen molar-refractivity contribution in [1.82, 2.24) is 15.0 Å². The molecule has 1 aromatic heterocycles. The molecule has 1 heterocycles. The Kier molecular flexibility index (Phi) is 7.49. The Morgan fingerprint density at radius 2 is 0.679 bits per heavy atom. The van der Waals surface area contributed by atoms with Gasteiger partial charge in [0, 0.05) is 16.7 Å². The van der Waals surface area contributed by atoms with Gasteiger partial charge < -0.3 is 0 Å². The minimum atomic E-state index is 0.636. The molecule has 0 N–H and O–H groups in total. The second-order valence-corrected chi connectivity index (χ2v) is 14.5. The standard InChI is InChI=1S/C53H33N3/c1-2-10-34(11-3-1)39-20-21-42-30-40(22-23-41(42)29-39)38-15-8-16-44(31-38)51-54-52(45-25-24-43-28-36-13-4-5-14-37(36)32-46(43)33-45)56-53(55-51)50-19-9-18-48-47-17-7-6-12-35(47)26-27-49(48)50/h1-33H. The van der Waals surface area contributed by atoms with Crippen molar-refractivity contribution < 1.29 is 0 Å². The summed E-state index contributed by atoms with van der Waals surface area (Å²) in [6, 6.07) is 71.3. The van der Waals surface area contributed by atoms with Crippen molar-refractivity contribution in [3.63, 3.8) is 0 Å². The van der Waals surface area contributed by atoms with Gasteiger partial charge in [-0.05, 0) is 113 Å². The highest BCUT2D eigenvalue weighted by Gasteiger charge is 2.16. The summed E-state index contributed by atoms with van der Waals surface area (Å²) in [4.78, 5) is 15.7. The van der Waals surface area contributed by atoms with Gasteiger partial charge >= 0.3 is 0 Å². The zero-order valence-electron chi connectivity index (χ0n) is 30.4. The molecule has 0 saturated carbocycles. The van der Waals surface area contributed by atoms with Gasteiger partial charge in [-0.2, -0.15) is 0 Å². The lowest BCUT2D eigenvalue weighted by Gasteiger charge is -2.13. The van der Waals surface area contributed by atoms with Gasteiger partial charge in [-0.3, -0.25) is 0 Å². The van der Waals surface area contributed by atoms with Crippen LogP contribution in [0.25, 0.3) is 110 Å². The maximum absolute atomic E-state index is 5.23. The van der Waals surface area contributed by atoms with Crippen LogP contribution in [0.5, 0.6) is 0 Å². The Bertz CT molecular complexity index is 3310. The Balaban J connectivity index is 1.06. The highest BCUT2D eigenvalue weighted by Crippen LogP contribution is 2.36. The van der Waals surface area contributed by atoms with Crippen molar-refractivity contribution >= 4 is 53.9 Å². The van der Waals surface area contributed by atoms with E-state index < -0.39 is 0 Å². The summed E-state index contributed by atoms with van der Waals surface area (Å²) in [6.45, 7) is 0. The number of benzene rings is 10. The molecule has 3 heteroatoms. The van der Waals surface area contributed by atoms with E-state index in [2.05, 4.69) is 200 Å². The van der Waals surface area contributed by atoms with E-state index in [4.69, 9.17) is 15.0 Å². The number of nitrogens with zero attached hydrogens (tertiary/aromatic N) is 3. The summed E-state index contributed by atoms with van der Waals surface area (Å²) < 4.78 is 0. The molecule has 0 unspecified atom stereocenters. The van der Waals surface area contributed by atoms with Crippen LogP contribution in [0.2, 0.25) is 0 Å². The average Bonchev–Trinajstić information content (AvgIpc) is 3.27. The Hall–Kier alpha value is -7.49. The van der Waals surface area contributed by atoms with Gasteiger partial charge in [0.1, 0.15) is 0 Å². The van der Waals surface area contributed by atoms with Crippen molar-refractivity contribution in [1.29, 1.82) is 0 Å². The number of hydrogen-bond donors (Lipinski definition) is 0. The third-order valence-electron chi connectivity index (χ3n) is 11.0. The highest BCUT2D eigenvalue weighted by molar-refractivity contribution is 6.11. The first kappa shape index (κ1) is 32.0. The lowest BCUT2D eigenvalue weighted by Crippen LogP contribution is -2.01. The van der Waals surface area contributed by atoms with Crippen molar-refractivity contribution in [3.8, 4) is 56.4 Å². The molecule has 0 bridgehead atoms. The van der Waals surface area contributed by atoms with Gasteiger partial charge in [-0.15, -0.1) is 0 Å². The molecular formula is C53H33N3. The normalized spacial score (nSPS) is 11.6. The molecule has 3 nitrogen and oxygen atoms in total. The Labute approximate surface area is 324 Å². The van der Waals surface area contributed by atoms with Crippen LogP contribution in [0.1, 0.15) is 0 Å². The van der Waals surface area contributed by atoms with Crippen LogP contribution in [0.15, 0.2) is 200 Å². The van der Waals surface area contributed by atoms with Crippen molar-refractivity contribution in [2.24, 2.45) is 0 Å². The molecule has 0 aliphatic heterocycles. The smallest absolute Gasteiger partial charge is 0.164 e. The van der Waals surface area contributed by atoms with Gasteiger partial charge in [-0.25, -0.2) is 15.0 Å². The van der Waals surface area contributed by atoms with Gasteiger partial charge in [0.15, 0.2) is 17.5 Å². The van der Waals surface area contributed by atoms with Crippen LogP contribution >= 0.6 is 0 Å². The predicted molar refractivity (Wildman–Crippen MR) is 235 cm³/mol. The maximum atomic E-state index is 5.23. The first-order valence-corrected chi connectivity index (χ1v) is 19.0. The van der Waals surface area contributed by atoms with E-state index in [9.17, 15) is 0 Å². The van der Waals surface area contributed by atoms with Crippen molar-refractivity contribution in [3.05, 3.63) is 200 Å². The Morgan fingerprint density at radius 3 is 1.45 bits per heavy atom. The monoisotopic (exact) mass is 711 g/mol. The molecule has 0 fully saturated rings. The summed E-state index contributed by atoms with van der Waals surface area (Å²) in [5.41, 5.74) is 7.54. The summed E-state index contributed by atoms with van der Waals surface area (Å²) in [6.07, 6.45) is 0. The fourth-order valence-corrected chi connectivity index (χ4v) is 8.14. The minimum Gasteiger partial charge on any atom is -0.208 e. The van der Waals surface area contributed by atoms with E-state index in [0.717, 1.165) is 38.6 Å². The minimum absolute atomic E-state index is 0.636. The largest absolute Gasteiger partial charge is 0.208 e. The zero-order chi connectivity index (χ0) is 37.0. The molecule has 0 radical (unpaired) electrons. The van der Waals surface area contributed by atoms with Gasteiger partial charge in [0.25, 0.3) is 0 Å². The zero-order valence-corrected chi connectivity index (χ0v) is 30.4. The lowest BCUT2D eigenvalue weighted by molar-refractivity contribution is 1.08. The van der Waals surface area contributed by atoms with Crippen LogP contribution in [0.3, 0.4) is 0 Å². The maximum Gasteiger partial charge on any atom is 0.164 e. The quantitative estimate of drug-likeness (QED) is 0.132. The second-order valence-electron chi connectivity index (χ2n) is 14.5. The topological polar surface area (TPSA) is 38.7 Å². The lowest BCUT2D eigenvalue weighted by atomic mass is 9.97. The number of aromatic nitrogens is 3. The first-order chi connectivity index (χ1) is 27.7. The molecule has 56 heavy (non-hydrogen) atoms. The van der Waals surface area contributed by atoms with E-state index in [1.165, 1.54) is 54.2 Å². The van der Waals surface area contributed by atoms with Gasteiger partial charge in [0.05, 0.1) is 0 Å². The number of rotatable bonds is 5. The number of fused-ring (bicyclic) bond motifs is 6. The molecular weight excluding hydrogens is 679 g/mol. The molecule has 0 saturated heterocycles. The molecule has 0 aliphatic carbocycles. The fourth-order valence-electron chi connectivity index (χ4n) is 8.14. The summed E-state index contributed by atoms with van der Waals surface area (Å²) in [5.74, 6) is 1.93. The molecule has 0 aliphatic rings. The molecule has 0 amide bonds. The summed E-state index contributed by atoms with van der Waals surface area (Å²) >= 11 is 0. The van der Waals surface area contributed by atoms with Crippen LogP contribution in [-0.2, 0) is 0 Å². The van der Waals surface area contributed by atoms with Crippen LogP contribution in [0, 0.1) is 0 Å². The second kappa shape index (κ2) is 13.1. The molecule has 0 atom stereocenters. The van der Waals surface area contributed by atoms with E-state index in [-0.39, 0.29) is 0 Å². The third kappa shape index (κ3) is 5.66. The fraction of sp³-hybridized carbons (Fsp3) is 0. The Morgan fingerprint density at radius 1 is 0.214 bits per heavy atom. The molecule has 10 aromatic carbocycles. The highest BCUT2D eigenvalue weighted by atomic mass is 15.0. The van der Waals surface area contributed by atoms with E-state index in [0.29, 0.717) is 17.5 Å². The van der Waals surface area contributed by atoms with Crippen LogP contribution in [0.4, 0.5) is 0 Å². The average molecular weight is 712 g/mol. The van der Waals surface area contributed by atoms with Crippen molar-refractivity contribution in [2.75, 3.05) is 0 Å². The molecule has 11 aromatic rings. The predicted octanol–water partition coefficient (Wildman–Crippen LogP) is 14.0. The first-order valence-electron chi connectivity index (χ1n) is 19.0. The van der Waals surface area contributed by atoms with Gasteiger partial charge in [-0.1, -0.05) is 164 Å². The molecule has 11 rings (SSSR count). The van der Waals surface area contributed by atoms with E-state index >= 15 is 0 Å². The van der Waals surface area contributed by atoms with Crippen LogP contribution < -0.4 is 0 Å². The number of hydrogen-bond acceptors (Lipinski definition) is 3. The van der Waals surface area contributed by atoms with Gasteiger partial charge in [0.2, 0.25) is 0 Å². The summed E-state index contributed by atoms with van der Waals surface area (Å²) in [7, 11) is 0. The summed E-state index contributed by atoms with van der Waals surface area (Å²) in [5, 5.41) is 11.9. The van der Waals surface area contributed by atoms with E-state index in [1.807, 2.05) is 0 Å². The van der Waals surface area contributed by atoms with Crippen LogP contribution in [-0.4, -0.2) is 15.0 Å². The SMILES string of the molecule is c1ccc(-c2ccc3cc(-c4cccc(-c5nc(-c6ccc7cc8ccccc8cc7c6)nc(-c6cccc7c6ccc6ccccc67)n5)c4)ccc3c2)cc1. The third-order valence-corrected chi connectivity index (χ3v) is 11.0. The molecule has 260 valence electrons.